The first-order valence-electron chi connectivity index (χ1n) is 10.9. The summed E-state index contributed by atoms with van der Waals surface area (Å²) in [7, 11) is 1.38. The molecule has 196 valence electrons. The number of nitro benzene ring substituents is 1. The van der Waals surface area contributed by atoms with Gasteiger partial charge in [0.05, 0.1) is 29.4 Å². The van der Waals surface area contributed by atoms with Crippen LogP contribution in [0.4, 0.5) is 24.5 Å². The van der Waals surface area contributed by atoms with Crippen molar-refractivity contribution in [3.8, 4) is 11.4 Å². The lowest BCUT2D eigenvalue weighted by molar-refractivity contribution is -0.384. The molecule has 1 N–H and O–H groups in total. The normalized spacial score (nSPS) is 15.2. The van der Waals surface area contributed by atoms with E-state index in [4.69, 9.17) is 17.0 Å². The van der Waals surface area contributed by atoms with Crippen molar-refractivity contribution in [1.82, 2.24) is 9.88 Å². The van der Waals surface area contributed by atoms with Gasteiger partial charge in [0, 0.05) is 11.4 Å². The monoisotopic (exact) mass is 544 g/mol. The molecule has 13 heteroatoms. The molecule has 0 saturated carbocycles. The quantitative estimate of drug-likeness (QED) is 0.162. The van der Waals surface area contributed by atoms with Crippen molar-refractivity contribution in [3.05, 3.63) is 86.7 Å². The Kier molecular flexibility index (Phi) is 6.80. The van der Waals surface area contributed by atoms with Crippen molar-refractivity contribution < 1.29 is 32.4 Å². The zero-order chi connectivity index (χ0) is 27.9. The maximum atomic E-state index is 13.3. The van der Waals surface area contributed by atoms with Crippen molar-refractivity contribution in [2.75, 3.05) is 12.0 Å². The molecular formula is C25H19F3N4O5S. The predicted octanol–water partition coefficient (Wildman–Crippen LogP) is 4.86. The zero-order valence-corrected chi connectivity index (χ0v) is 20.9. The average molecular weight is 545 g/mol. The van der Waals surface area contributed by atoms with Crippen LogP contribution in [-0.2, 0) is 15.8 Å². The molecule has 2 aromatic carbocycles. The van der Waals surface area contributed by atoms with Gasteiger partial charge in [-0.15, -0.1) is 0 Å². The molecule has 1 aliphatic heterocycles. The predicted molar refractivity (Wildman–Crippen MR) is 136 cm³/mol. The summed E-state index contributed by atoms with van der Waals surface area (Å²) >= 11 is 5.08. The molecule has 4 rings (SSSR count). The third-order valence-electron chi connectivity index (χ3n) is 5.92. The number of carbonyl (C=O) groups is 2. The lowest BCUT2D eigenvalue weighted by Gasteiger charge is -2.29. The number of nitro groups is 1. The average Bonchev–Trinajstić information content (AvgIpc) is 3.13. The number of aryl methyl sites for hydroxylation is 1. The van der Waals surface area contributed by atoms with E-state index in [9.17, 15) is 32.9 Å². The van der Waals surface area contributed by atoms with Crippen LogP contribution in [0, 0.1) is 24.0 Å². The molecule has 1 aliphatic rings. The number of methoxy groups -OCH3 is 1. The third-order valence-corrected chi connectivity index (χ3v) is 6.21. The van der Waals surface area contributed by atoms with Gasteiger partial charge in [0.1, 0.15) is 17.0 Å². The number of carbonyl (C=O) groups excluding carboxylic acids is 2. The molecular weight excluding hydrogens is 525 g/mol. The molecule has 1 fully saturated rings. The van der Waals surface area contributed by atoms with Crippen LogP contribution >= 0.6 is 12.2 Å². The van der Waals surface area contributed by atoms with Crippen LogP contribution in [0.1, 0.15) is 22.5 Å². The van der Waals surface area contributed by atoms with Gasteiger partial charge in [-0.2, -0.15) is 13.2 Å². The molecule has 0 bridgehead atoms. The first-order valence-corrected chi connectivity index (χ1v) is 11.3. The first kappa shape index (κ1) is 26.5. The Labute approximate surface area is 219 Å². The van der Waals surface area contributed by atoms with E-state index < -0.39 is 28.5 Å². The van der Waals surface area contributed by atoms with Crippen molar-refractivity contribution in [1.29, 1.82) is 0 Å². The van der Waals surface area contributed by atoms with E-state index >= 15 is 0 Å². The first-order chi connectivity index (χ1) is 17.8. The van der Waals surface area contributed by atoms with E-state index in [0.717, 1.165) is 23.1 Å². The van der Waals surface area contributed by atoms with E-state index in [-0.39, 0.29) is 27.7 Å². The largest absolute Gasteiger partial charge is 0.496 e. The molecule has 38 heavy (non-hydrogen) atoms. The Morgan fingerprint density at radius 2 is 1.82 bits per heavy atom. The second-order valence-electron chi connectivity index (χ2n) is 8.28. The van der Waals surface area contributed by atoms with Crippen LogP contribution < -0.4 is 15.0 Å². The lowest BCUT2D eigenvalue weighted by atomic mass is 10.1. The molecule has 0 unspecified atom stereocenters. The molecule has 0 radical (unpaired) electrons. The summed E-state index contributed by atoms with van der Waals surface area (Å²) in [4.78, 5) is 38.0. The lowest BCUT2D eigenvalue weighted by Crippen LogP contribution is -2.54. The summed E-state index contributed by atoms with van der Waals surface area (Å²) in [6.07, 6.45) is -3.38. The highest BCUT2D eigenvalue weighted by atomic mass is 32.1. The Balaban J connectivity index is 1.79. The van der Waals surface area contributed by atoms with Gasteiger partial charge in [0.25, 0.3) is 17.5 Å². The summed E-state index contributed by atoms with van der Waals surface area (Å²) < 4.78 is 46.4. The van der Waals surface area contributed by atoms with Gasteiger partial charge < -0.3 is 9.30 Å². The van der Waals surface area contributed by atoms with Crippen molar-refractivity contribution >= 4 is 46.6 Å². The molecule has 1 saturated heterocycles. The summed E-state index contributed by atoms with van der Waals surface area (Å²) in [5.41, 5.74) is -0.0835. The molecule has 3 aromatic rings. The summed E-state index contributed by atoms with van der Waals surface area (Å²) in [5.74, 6) is -1.46. The van der Waals surface area contributed by atoms with Crippen LogP contribution in [0.25, 0.3) is 11.8 Å². The van der Waals surface area contributed by atoms with Gasteiger partial charge in [0.15, 0.2) is 5.11 Å². The summed E-state index contributed by atoms with van der Waals surface area (Å²) in [6, 6.07) is 9.98. The van der Waals surface area contributed by atoms with Crippen LogP contribution in [0.5, 0.6) is 5.75 Å². The number of hydrogen-bond donors (Lipinski definition) is 1. The number of rotatable bonds is 5. The van der Waals surface area contributed by atoms with Crippen LogP contribution in [0.3, 0.4) is 0 Å². The summed E-state index contributed by atoms with van der Waals surface area (Å²) in [5, 5.41) is 13.7. The van der Waals surface area contributed by atoms with Gasteiger partial charge in [-0.25, -0.2) is 0 Å². The number of hydrogen-bond acceptors (Lipinski definition) is 6. The number of alkyl halides is 3. The second-order valence-corrected chi connectivity index (χ2v) is 8.67. The Hall–Kier alpha value is -4.52. The molecule has 9 nitrogen and oxygen atoms in total. The number of ether oxygens (including phenoxy) is 1. The maximum absolute atomic E-state index is 13.3. The standard InChI is InChI=1S/C25H19F3N4O5S/c1-13-9-15(14(2)30(13)20-8-7-18(37-3)12-21(20)32(35)36)10-19-22(33)29-24(38)31(23(19)34)17-6-4-5-16(11-17)25(26,27)28/h4-12H,1-3H3,(H,29,33,38)/b19-10+. The Morgan fingerprint density at radius 1 is 1.11 bits per heavy atom. The highest BCUT2D eigenvalue weighted by molar-refractivity contribution is 7.80. The van der Waals surface area contributed by atoms with Crippen molar-refractivity contribution in [2.45, 2.75) is 20.0 Å². The smallest absolute Gasteiger partial charge is 0.416 e. The van der Waals surface area contributed by atoms with Gasteiger partial charge >= 0.3 is 6.18 Å². The van der Waals surface area contributed by atoms with E-state index in [0.29, 0.717) is 22.7 Å². The van der Waals surface area contributed by atoms with Gasteiger partial charge in [-0.05, 0) is 74.1 Å². The number of halogens is 3. The fraction of sp³-hybridized carbons (Fsp3) is 0.160. The van der Waals surface area contributed by atoms with Gasteiger partial charge in [0.2, 0.25) is 0 Å². The molecule has 0 atom stereocenters. The fourth-order valence-electron chi connectivity index (χ4n) is 4.14. The number of nitrogens with one attached hydrogen (secondary N) is 1. The van der Waals surface area contributed by atoms with Crippen LogP contribution in [0.15, 0.2) is 54.1 Å². The van der Waals surface area contributed by atoms with Crippen LogP contribution in [-0.4, -0.2) is 33.5 Å². The topological polar surface area (TPSA) is 107 Å². The van der Waals surface area contributed by atoms with Crippen molar-refractivity contribution in [2.24, 2.45) is 0 Å². The highest BCUT2D eigenvalue weighted by Gasteiger charge is 2.37. The van der Waals surface area contributed by atoms with Crippen molar-refractivity contribution in [3.63, 3.8) is 0 Å². The van der Waals surface area contributed by atoms with E-state index in [1.54, 1.807) is 30.5 Å². The van der Waals surface area contributed by atoms with Crippen LogP contribution in [0.2, 0.25) is 0 Å². The molecule has 0 aliphatic carbocycles. The minimum atomic E-state index is -4.65. The highest BCUT2D eigenvalue weighted by Crippen LogP contribution is 2.34. The minimum Gasteiger partial charge on any atom is -0.496 e. The number of amides is 2. The number of benzene rings is 2. The summed E-state index contributed by atoms with van der Waals surface area (Å²) in [6.45, 7) is 3.34. The minimum absolute atomic E-state index is 0.167. The third kappa shape index (κ3) is 4.75. The maximum Gasteiger partial charge on any atom is 0.416 e. The van der Waals surface area contributed by atoms with E-state index in [1.165, 1.54) is 31.4 Å². The molecule has 2 amide bonds. The number of aromatic nitrogens is 1. The number of anilines is 1. The number of nitrogens with zero attached hydrogens (tertiary/aromatic N) is 3. The Morgan fingerprint density at radius 3 is 2.45 bits per heavy atom. The molecule has 1 aromatic heterocycles. The van der Waals surface area contributed by atoms with Gasteiger partial charge in [-0.1, -0.05) is 6.07 Å². The second kappa shape index (κ2) is 9.74. The number of thiocarbonyl (C=S) groups is 1. The zero-order valence-electron chi connectivity index (χ0n) is 20.1. The van der Waals surface area contributed by atoms with E-state index in [2.05, 4.69) is 5.32 Å². The molecule has 2 heterocycles. The fourth-order valence-corrected chi connectivity index (χ4v) is 4.42. The Bertz CT molecular complexity index is 1540. The van der Waals surface area contributed by atoms with E-state index in [1.807, 2.05) is 0 Å². The van der Waals surface area contributed by atoms with Gasteiger partial charge in [-0.3, -0.25) is 29.9 Å². The SMILES string of the molecule is COc1ccc(-n2c(C)cc(/C=C3\C(=O)NC(=S)N(c4cccc(C(F)(F)F)c4)C3=O)c2C)c([N+](=O)[O-])c1. The molecule has 0 spiro atoms.